The van der Waals surface area contributed by atoms with Gasteiger partial charge in [-0.15, -0.1) is 11.3 Å². The van der Waals surface area contributed by atoms with Crippen molar-refractivity contribution in [2.45, 2.75) is 40.3 Å². The Hall–Kier alpha value is -3.26. The van der Waals surface area contributed by atoms with Crippen LogP contribution < -0.4 is 16.6 Å². The van der Waals surface area contributed by atoms with Crippen LogP contribution in [0.5, 0.6) is 0 Å². The van der Waals surface area contributed by atoms with Crippen LogP contribution in [-0.4, -0.2) is 20.0 Å². The molecule has 154 valence electrons. The molecular weight excluding hydrogens is 400 g/mol. The van der Waals surface area contributed by atoms with Crippen molar-refractivity contribution in [2.75, 3.05) is 5.32 Å². The van der Waals surface area contributed by atoms with E-state index in [9.17, 15) is 14.4 Å². The standard InChI is InChI=1S/C22H22N4O3S/c1-4-10-25-21(28)19-18(16-6-5-9-23-20(16)30-19)26(22(25)29)12-17(27)24-15-8-7-13(2)14(3)11-15/h5-9,11H,4,10,12H2,1-3H3,(H,24,27). The third kappa shape index (κ3) is 3.43. The average molecular weight is 423 g/mol. The zero-order chi connectivity index (χ0) is 21.4. The second kappa shape index (κ2) is 7.87. The average Bonchev–Trinajstić information content (AvgIpc) is 3.11. The van der Waals surface area contributed by atoms with Crippen molar-refractivity contribution in [3.05, 3.63) is 68.5 Å². The smallest absolute Gasteiger partial charge is 0.325 e. The van der Waals surface area contributed by atoms with Crippen molar-refractivity contribution in [3.8, 4) is 0 Å². The number of thiophene rings is 1. The Morgan fingerprint density at radius 3 is 2.67 bits per heavy atom. The number of fused-ring (bicyclic) bond motifs is 3. The number of amides is 1. The monoisotopic (exact) mass is 422 g/mol. The van der Waals surface area contributed by atoms with Crippen molar-refractivity contribution in [1.29, 1.82) is 0 Å². The van der Waals surface area contributed by atoms with Crippen LogP contribution in [0.15, 0.2) is 46.1 Å². The van der Waals surface area contributed by atoms with Gasteiger partial charge in [-0.2, -0.15) is 0 Å². The van der Waals surface area contributed by atoms with Gasteiger partial charge >= 0.3 is 5.69 Å². The number of carbonyl (C=O) groups excluding carboxylic acids is 1. The molecular formula is C22H22N4O3S. The van der Waals surface area contributed by atoms with E-state index in [1.54, 1.807) is 12.3 Å². The van der Waals surface area contributed by atoms with Crippen LogP contribution >= 0.6 is 11.3 Å². The Morgan fingerprint density at radius 1 is 1.13 bits per heavy atom. The van der Waals surface area contributed by atoms with Gasteiger partial charge in [0.25, 0.3) is 5.56 Å². The number of nitrogens with zero attached hydrogens (tertiary/aromatic N) is 3. The lowest BCUT2D eigenvalue weighted by atomic mass is 10.1. The predicted octanol–water partition coefficient (Wildman–Crippen LogP) is 3.44. The Labute approximate surface area is 176 Å². The predicted molar refractivity (Wildman–Crippen MR) is 120 cm³/mol. The summed E-state index contributed by atoms with van der Waals surface area (Å²) in [6.07, 6.45) is 2.29. The number of nitrogens with one attached hydrogen (secondary N) is 1. The van der Waals surface area contributed by atoms with Crippen molar-refractivity contribution < 1.29 is 4.79 Å². The summed E-state index contributed by atoms with van der Waals surface area (Å²) in [5.74, 6) is -0.327. The molecule has 0 saturated heterocycles. The zero-order valence-electron chi connectivity index (χ0n) is 17.1. The number of pyridine rings is 1. The minimum atomic E-state index is -0.479. The molecule has 4 aromatic rings. The van der Waals surface area contributed by atoms with E-state index < -0.39 is 5.69 Å². The van der Waals surface area contributed by atoms with Crippen LogP contribution in [0, 0.1) is 13.8 Å². The maximum atomic E-state index is 13.2. The molecule has 0 atom stereocenters. The Balaban J connectivity index is 1.84. The lowest BCUT2D eigenvalue weighted by Gasteiger charge is -2.13. The van der Waals surface area contributed by atoms with Gasteiger partial charge in [0.1, 0.15) is 16.1 Å². The molecule has 3 heterocycles. The van der Waals surface area contributed by atoms with E-state index >= 15 is 0 Å². The lowest BCUT2D eigenvalue weighted by molar-refractivity contribution is -0.116. The van der Waals surface area contributed by atoms with Crippen molar-refractivity contribution in [2.24, 2.45) is 0 Å². The number of hydrogen-bond acceptors (Lipinski definition) is 5. The minimum Gasteiger partial charge on any atom is -0.325 e. The minimum absolute atomic E-state index is 0.188. The van der Waals surface area contributed by atoms with Crippen molar-refractivity contribution >= 4 is 43.4 Å². The molecule has 0 fully saturated rings. The third-order valence-electron chi connectivity index (χ3n) is 5.15. The first-order valence-electron chi connectivity index (χ1n) is 9.78. The molecule has 0 radical (unpaired) electrons. The molecule has 1 N–H and O–H groups in total. The summed E-state index contributed by atoms with van der Waals surface area (Å²) in [7, 11) is 0. The molecule has 0 aliphatic carbocycles. The first-order valence-corrected chi connectivity index (χ1v) is 10.6. The molecule has 0 aliphatic heterocycles. The second-order valence-electron chi connectivity index (χ2n) is 7.31. The van der Waals surface area contributed by atoms with E-state index in [1.165, 1.54) is 20.5 Å². The summed E-state index contributed by atoms with van der Waals surface area (Å²) in [5.41, 5.74) is 2.54. The van der Waals surface area contributed by atoms with Gasteiger partial charge in [0.2, 0.25) is 5.91 Å². The fourth-order valence-electron chi connectivity index (χ4n) is 3.51. The summed E-state index contributed by atoms with van der Waals surface area (Å²) >= 11 is 1.25. The SMILES string of the molecule is CCCn1c(=O)c2sc3ncccc3c2n(CC(=O)Nc2ccc(C)c(C)c2)c1=O. The van der Waals surface area contributed by atoms with Gasteiger partial charge in [0, 0.05) is 23.8 Å². The zero-order valence-corrected chi connectivity index (χ0v) is 17.9. The molecule has 0 unspecified atom stereocenters. The van der Waals surface area contributed by atoms with E-state index in [0.717, 1.165) is 11.1 Å². The van der Waals surface area contributed by atoms with Crippen LogP contribution in [0.3, 0.4) is 0 Å². The Morgan fingerprint density at radius 2 is 1.93 bits per heavy atom. The first kappa shape index (κ1) is 20.0. The van der Waals surface area contributed by atoms with Gasteiger partial charge in [-0.25, -0.2) is 9.78 Å². The highest BCUT2D eigenvalue weighted by Crippen LogP contribution is 2.29. The molecule has 7 nitrogen and oxygen atoms in total. The third-order valence-corrected chi connectivity index (χ3v) is 6.24. The number of benzene rings is 1. The van der Waals surface area contributed by atoms with Gasteiger partial charge in [0.05, 0.1) is 5.52 Å². The molecule has 0 bridgehead atoms. The molecule has 0 saturated carbocycles. The van der Waals surface area contributed by atoms with Crippen LogP contribution in [0.1, 0.15) is 24.5 Å². The van der Waals surface area contributed by atoms with Crippen LogP contribution in [0.2, 0.25) is 0 Å². The summed E-state index contributed by atoms with van der Waals surface area (Å²) in [5, 5.41) is 3.56. The molecule has 3 aromatic heterocycles. The van der Waals surface area contributed by atoms with Crippen molar-refractivity contribution in [3.63, 3.8) is 0 Å². The Kier molecular flexibility index (Phi) is 5.26. The largest absolute Gasteiger partial charge is 0.332 e. The normalized spacial score (nSPS) is 11.3. The molecule has 0 aliphatic rings. The Bertz CT molecular complexity index is 1400. The number of aryl methyl sites for hydroxylation is 2. The van der Waals surface area contributed by atoms with E-state index in [1.807, 2.05) is 45.0 Å². The number of rotatable bonds is 5. The summed E-state index contributed by atoms with van der Waals surface area (Å²) in [4.78, 5) is 43.9. The van der Waals surface area contributed by atoms with Crippen LogP contribution in [0.4, 0.5) is 5.69 Å². The topological polar surface area (TPSA) is 86.0 Å². The van der Waals surface area contributed by atoms with E-state index in [4.69, 9.17) is 0 Å². The van der Waals surface area contributed by atoms with Gasteiger partial charge in [-0.05, 0) is 55.7 Å². The molecule has 0 spiro atoms. The van der Waals surface area contributed by atoms with Crippen LogP contribution in [-0.2, 0) is 17.9 Å². The van der Waals surface area contributed by atoms with E-state index in [2.05, 4.69) is 10.3 Å². The van der Waals surface area contributed by atoms with Gasteiger partial charge < -0.3 is 5.32 Å². The molecule has 4 rings (SSSR count). The summed E-state index contributed by atoms with van der Waals surface area (Å²) in [6.45, 7) is 5.99. The van der Waals surface area contributed by atoms with E-state index in [-0.39, 0.29) is 18.0 Å². The second-order valence-corrected chi connectivity index (χ2v) is 8.31. The van der Waals surface area contributed by atoms with Crippen molar-refractivity contribution in [1.82, 2.24) is 14.1 Å². The molecule has 1 amide bonds. The highest BCUT2D eigenvalue weighted by Gasteiger charge is 2.20. The molecule has 8 heteroatoms. The number of anilines is 1. The summed E-state index contributed by atoms with van der Waals surface area (Å²) in [6, 6.07) is 9.25. The molecule has 1 aromatic carbocycles. The van der Waals surface area contributed by atoms with Gasteiger partial charge in [0.15, 0.2) is 0 Å². The highest BCUT2D eigenvalue weighted by atomic mass is 32.1. The van der Waals surface area contributed by atoms with Gasteiger partial charge in [-0.3, -0.25) is 18.7 Å². The molecule has 30 heavy (non-hydrogen) atoms. The van der Waals surface area contributed by atoms with Gasteiger partial charge in [-0.1, -0.05) is 13.0 Å². The highest BCUT2D eigenvalue weighted by molar-refractivity contribution is 7.25. The number of aromatic nitrogens is 3. The lowest BCUT2D eigenvalue weighted by Crippen LogP contribution is -2.41. The maximum absolute atomic E-state index is 13.2. The first-order chi connectivity index (χ1) is 14.4. The fraction of sp³-hybridized carbons (Fsp3) is 0.273. The van der Waals surface area contributed by atoms with Crippen LogP contribution in [0.25, 0.3) is 20.4 Å². The number of carbonyl (C=O) groups is 1. The number of hydrogen-bond donors (Lipinski definition) is 1. The quantitative estimate of drug-likeness (QED) is 0.534. The summed E-state index contributed by atoms with van der Waals surface area (Å²) < 4.78 is 3.04. The maximum Gasteiger partial charge on any atom is 0.332 e. The van der Waals surface area contributed by atoms with E-state index in [0.29, 0.717) is 39.1 Å². The fourth-order valence-corrected chi connectivity index (χ4v) is 4.61.